The molecule has 2 aromatic rings. The van der Waals surface area contributed by atoms with Gasteiger partial charge in [-0.2, -0.15) is 5.26 Å². The minimum absolute atomic E-state index is 0.369. The zero-order valence-corrected chi connectivity index (χ0v) is 10.2. The number of rotatable bonds is 3. The molecule has 0 heterocycles. The number of hydrogen-bond acceptors (Lipinski definition) is 3. The second-order valence-electron chi connectivity index (χ2n) is 4.08. The van der Waals surface area contributed by atoms with E-state index in [1.54, 1.807) is 12.1 Å². The molecule has 2 N–H and O–H groups in total. The zero-order chi connectivity index (χ0) is 13.0. The minimum atomic E-state index is 0.369. The van der Waals surface area contributed by atoms with Crippen LogP contribution in [0.3, 0.4) is 0 Å². The van der Waals surface area contributed by atoms with Crippen LogP contribution in [0.5, 0.6) is 5.75 Å². The van der Waals surface area contributed by atoms with Crippen molar-refractivity contribution in [3.63, 3.8) is 0 Å². The Labute approximate surface area is 106 Å². The SMILES string of the molecule is Cc1ccc(N)cc1OCc1ccccc1C#N. The number of nitriles is 1. The molecule has 0 aliphatic heterocycles. The summed E-state index contributed by atoms with van der Waals surface area (Å²) in [5.74, 6) is 0.753. The summed E-state index contributed by atoms with van der Waals surface area (Å²) in [6, 6.07) is 15.1. The summed E-state index contributed by atoms with van der Waals surface area (Å²) in [6.45, 7) is 2.33. The van der Waals surface area contributed by atoms with E-state index in [9.17, 15) is 0 Å². The van der Waals surface area contributed by atoms with Crippen molar-refractivity contribution in [2.75, 3.05) is 5.73 Å². The highest BCUT2D eigenvalue weighted by molar-refractivity contribution is 5.48. The molecule has 90 valence electrons. The Bertz CT molecular complexity index is 600. The standard InChI is InChI=1S/C15H14N2O/c1-11-6-7-14(17)8-15(11)18-10-13-5-3-2-4-12(13)9-16/h2-8H,10,17H2,1H3. The van der Waals surface area contributed by atoms with Gasteiger partial charge < -0.3 is 10.5 Å². The molecule has 0 aliphatic rings. The fourth-order valence-electron chi connectivity index (χ4n) is 1.68. The molecule has 0 fully saturated rings. The van der Waals surface area contributed by atoms with Gasteiger partial charge in [-0.15, -0.1) is 0 Å². The van der Waals surface area contributed by atoms with Crippen LogP contribution in [0.15, 0.2) is 42.5 Å². The van der Waals surface area contributed by atoms with Crippen molar-refractivity contribution in [1.29, 1.82) is 5.26 Å². The molecule has 0 saturated carbocycles. The molecule has 3 nitrogen and oxygen atoms in total. The van der Waals surface area contributed by atoms with Crippen LogP contribution in [0.1, 0.15) is 16.7 Å². The number of nitrogens with two attached hydrogens (primary N) is 1. The van der Waals surface area contributed by atoms with E-state index >= 15 is 0 Å². The Morgan fingerprint density at radius 1 is 1.22 bits per heavy atom. The van der Waals surface area contributed by atoms with Gasteiger partial charge in [0.15, 0.2) is 0 Å². The monoisotopic (exact) mass is 238 g/mol. The first kappa shape index (κ1) is 12.0. The molecule has 0 aliphatic carbocycles. The molecule has 0 radical (unpaired) electrons. The van der Waals surface area contributed by atoms with E-state index < -0.39 is 0 Å². The summed E-state index contributed by atoms with van der Waals surface area (Å²) in [5, 5.41) is 8.99. The highest BCUT2D eigenvalue weighted by Crippen LogP contribution is 2.22. The predicted octanol–water partition coefficient (Wildman–Crippen LogP) is 3.03. The lowest BCUT2D eigenvalue weighted by molar-refractivity contribution is 0.304. The van der Waals surface area contributed by atoms with Gasteiger partial charge in [0.05, 0.1) is 11.6 Å². The number of nitrogen functional groups attached to an aromatic ring is 1. The van der Waals surface area contributed by atoms with Crippen molar-refractivity contribution in [2.45, 2.75) is 13.5 Å². The van der Waals surface area contributed by atoms with Crippen molar-refractivity contribution < 1.29 is 4.74 Å². The number of benzene rings is 2. The van der Waals surface area contributed by atoms with Crippen LogP contribution in [0.25, 0.3) is 0 Å². The van der Waals surface area contributed by atoms with Crippen LogP contribution in [-0.4, -0.2) is 0 Å². The largest absolute Gasteiger partial charge is 0.489 e. The molecule has 2 rings (SSSR count). The topological polar surface area (TPSA) is 59.0 Å². The van der Waals surface area contributed by atoms with Crippen molar-refractivity contribution in [2.24, 2.45) is 0 Å². The highest BCUT2D eigenvalue weighted by Gasteiger charge is 2.04. The van der Waals surface area contributed by atoms with Crippen LogP contribution in [-0.2, 0) is 6.61 Å². The molecule has 0 spiro atoms. The van der Waals surface area contributed by atoms with Gasteiger partial charge >= 0.3 is 0 Å². The Balaban J connectivity index is 2.17. The third-order valence-electron chi connectivity index (χ3n) is 2.73. The summed E-state index contributed by atoms with van der Waals surface area (Å²) in [4.78, 5) is 0. The quantitative estimate of drug-likeness (QED) is 0.836. The molecule has 0 bridgehead atoms. The zero-order valence-electron chi connectivity index (χ0n) is 10.2. The lowest BCUT2D eigenvalue weighted by atomic mass is 10.1. The van der Waals surface area contributed by atoms with Crippen LogP contribution in [0.4, 0.5) is 5.69 Å². The van der Waals surface area contributed by atoms with E-state index in [2.05, 4.69) is 6.07 Å². The molecule has 2 aromatic carbocycles. The maximum Gasteiger partial charge on any atom is 0.124 e. The Hall–Kier alpha value is -2.47. The predicted molar refractivity (Wildman–Crippen MR) is 71.1 cm³/mol. The van der Waals surface area contributed by atoms with Crippen molar-refractivity contribution in [3.05, 3.63) is 59.2 Å². The van der Waals surface area contributed by atoms with Crippen LogP contribution in [0, 0.1) is 18.3 Å². The Kier molecular flexibility index (Phi) is 3.49. The fraction of sp³-hybridized carbons (Fsp3) is 0.133. The average molecular weight is 238 g/mol. The molecular weight excluding hydrogens is 224 g/mol. The molecular formula is C15H14N2O. The van der Waals surface area contributed by atoms with Gasteiger partial charge in [-0.3, -0.25) is 0 Å². The van der Waals surface area contributed by atoms with E-state index in [4.69, 9.17) is 15.7 Å². The molecule has 18 heavy (non-hydrogen) atoms. The molecule has 0 aromatic heterocycles. The second-order valence-corrected chi connectivity index (χ2v) is 4.08. The minimum Gasteiger partial charge on any atom is -0.489 e. The Morgan fingerprint density at radius 2 is 2.00 bits per heavy atom. The van der Waals surface area contributed by atoms with E-state index in [-0.39, 0.29) is 0 Å². The highest BCUT2D eigenvalue weighted by atomic mass is 16.5. The molecule has 0 atom stereocenters. The number of aryl methyl sites for hydroxylation is 1. The lowest BCUT2D eigenvalue weighted by Gasteiger charge is -2.10. The number of nitrogens with zero attached hydrogens (tertiary/aromatic N) is 1. The fourth-order valence-corrected chi connectivity index (χ4v) is 1.68. The lowest BCUT2D eigenvalue weighted by Crippen LogP contribution is -2.00. The Morgan fingerprint density at radius 3 is 2.78 bits per heavy atom. The van der Waals surface area contributed by atoms with Crippen molar-refractivity contribution in [1.82, 2.24) is 0 Å². The van der Waals surface area contributed by atoms with E-state index in [1.807, 2.05) is 37.3 Å². The third-order valence-corrected chi connectivity index (χ3v) is 2.73. The van der Waals surface area contributed by atoms with Gasteiger partial charge in [0.25, 0.3) is 0 Å². The molecule has 0 amide bonds. The van der Waals surface area contributed by atoms with Gasteiger partial charge in [-0.1, -0.05) is 24.3 Å². The van der Waals surface area contributed by atoms with Crippen molar-refractivity contribution >= 4 is 5.69 Å². The van der Waals surface area contributed by atoms with Gasteiger partial charge in [0.1, 0.15) is 12.4 Å². The van der Waals surface area contributed by atoms with Crippen LogP contribution in [0.2, 0.25) is 0 Å². The first-order chi connectivity index (χ1) is 8.70. The van der Waals surface area contributed by atoms with Crippen molar-refractivity contribution in [3.8, 4) is 11.8 Å². The van der Waals surface area contributed by atoms with E-state index in [1.165, 1.54) is 0 Å². The summed E-state index contributed by atoms with van der Waals surface area (Å²) in [7, 11) is 0. The van der Waals surface area contributed by atoms with E-state index in [0.29, 0.717) is 17.9 Å². The number of ether oxygens (including phenoxy) is 1. The third kappa shape index (κ3) is 2.61. The maximum atomic E-state index is 8.99. The normalized spacial score (nSPS) is 9.78. The smallest absolute Gasteiger partial charge is 0.124 e. The average Bonchev–Trinajstić information content (AvgIpc) is 2.40. The molecule has 0 unspecified atom stereocenters. The van der Waals surface area contributed by atoms with Crippen LogP contribution >= 0.6 is 0 Å². The number of anilines is 1. The molecule has 3 heteroatoms. The van der Waals surface area contributed by atoms with Gasteiger partial charge in [0.2, 0.25) is 0 Å². The van der Waals surface area contributed by atoms with E-state index in [0.717, 1.165) is 16.9 Å². The summed E-state index contributed by atoms with van der Waals surface area (Å²) in [5.41, 5.74) is 8.93. The second kappa shape index (κ2) is 5.24. The first-order valence-electron chi connectivity index (χ1n) is 5.67. The van der Waals surface area contributed by atoms with Gasteiger partial charge in [0, 0.05) is 17.3 Å². The molecule has 0 saturated heterocycles. The van der Waals surface area contributed by atoms with Gasteiger partial charge in [-0.05, 0) is 24.6 Å². The van der Waals surface area contributed by atoms with Crippen LogP contribution < -0.4 is 10.5 Å². The summed E-state index contributed by atoms with van der Waals surface area (Å²) in [6.07, 6.45) is 0. The summed E-state index contributed by atoms with van der Waals surface area (Å²) >= 11 is 0. The van der Waals surface area contributed by atoms with Gasteiger partial charge in [-0.25, -0.2) is 0 Å². The first-order valence-corrected chi connectivity index (χ1v) is 5.67. The maximum absolute atomic E-state index is 8.99. The summed E-state index contributed by atoms with van der Waals surface area (Å²) < 4.78 is 5.72. The number of hydrogen-bond donors (Lipinski definition) is 1.